The molecule has 1 saturated heterocycles. The van der Waals surface area contributed by atoms with E-state index in [2.05, 4.69) is 10.4 Å². The van der Waals surface area contributed by atoms with Gasteiger partial charge in [-0.15, -0.1) is 0 Å². The molecule has 1 atom stereocenters. The number of rotatable bonds is 4. The molecule has 8 nitrogen and oxygen atoms in total. The fraction of sp³-hybridized carbons (Fsp3) is 0.261. The minimum Gasteiger partial charge on any atom is -0.312 e. The Kier molecular flexibility index (Phi) is 5.25. The predicted molar refractivity (Wildman–Crippen MR) is 125 cm³/mol. The van der Waals surface area contributed by atoms with Crippen LogP contribution in [0.15, 0.2) is 48.5 Å². The first kappa shape index (κ1) is 21.7. The van der Waals surface area contributed by atoms with Crippen LogP contribution in [0.3, 0.4) is 0 Å². The SMILES string of the molecule is Cc1ccc(N2CC(C(=O)Nc3c4c(nn3-c3cccc(Cl)c3)CS(=O)(=O)C4)CC2=O)cc1. The zero-order valence-corrected chi connectivity index (χ0v) is 19.4. The molecule has 5 rings (SSSR count). The van der Waals surface area contributed by atoms with Crippen LogP contribution in [0, 0.1) is 12.8 Å². The molecule has 2 amide bonds. The molecule has 0 aliphatic carbocycles. The van der Waals surface area contributed by atoms with E-state index in [4.69, 9.17) is 11.6 Å². The van der Waals surface area contributed by atoms with E-state index in [1.54, 1.807) is 29.2 Å². The van der Waals surface area contributed by atoms with Crippen LogP contribution in [0.25, 0.3) is 5.69 Å². The third kappa shape index (κ3) is 4.14. The minimum absolute atomic E-state index is 0.0749. The number of nitrogens with one attached hydrogen (secondary N) is 1. The Balaban J connectivity index is 1.44. The molecule has 0 saturated carbocycles. The topological polar surface area (TPSA) is 101 Å². The number of carbonyl (C=O) groups is 2. The van der Waals surface area contributed by atoms with Gasteiger partial charge in [-0.25, -0.2) is 13.1 Å². The lowest BCUT2D eigenvalue weighted by molar-refractivity contribution is -0.122. The maximum absolute atomic E-state index is 13.2. The summed E-state index contributed by atoms with van der Waals surface area (Å²) in [5.74, 6) is -1.13. The van der Waals surface area contributed by atoms with Gasteiger partial charge in [-0.1, -0.05) is 35.4 Å². The van der Waals surface area contributed by atoms with E-state index in [0.29, 0.717) is 27.8 Å². The number of aryl methyl sites for hydroxylation is 1. The molecule has 2 aliphatic heterocycles. The standard InChI is InChI=1S/C23H21ClN4O4S/c1-14-5-7-17(8-6-14)27-11-15(9-21(27)29)23(30)25-22-19-12-33(31,32)13-20(19)26-28(22)18-4-2-3-16(24)10-18/h2-8,10,15H,9,11-13H2,1H3,(H,25,30). The molecular weight excluding hydrogens is 464 g/mol. The van der Waals surface area contributed by atoms with E-state index < -0.39 is 15.8 Å². The van der Waals surface area contributed by atoms with Gasteiger partial charge in [0.1, 0.15) is 5.82 Å². The Hall–Kier alpha value is -3.17. The third-order valence-electron chi connectivity index (χ3n) is 5.92. The van der Waals surface area contributed by atoms with Crippen molar-refractivity contribution in [3.05, 3.63) is 70.4 Å². The highest BCUT2D eigenvalue weighted by atomic mass is 35.5. The Morgan fingerprint density at radius 2 is 1.88 bits per heavy atom. The summed E-state index contributed by atoms with van der Waals surface area (Å²) in [5.41, 5.74) is 3.32. The molecule has 170 valence electrons. The molecule has 33 heavy (non-hydrogen) atoms. The average molecular weight is 485 g/mol. The second kappa shape index (κ2) is 8.00. The maximum Gasteiger partial charge on any atom is 0.230 e. The van der Waals surface area contributed by atoms with E-state index in [9.17, 15) is 18.0 Å². The number of anilines is 2. The molecule has 3 aromatic rings. The highest BCUT2D eigenvalue weighted by Gasteiger charge is 2.38. The lowest BCUT2D eigenvalue weighted by Gasteiger charge is -2.17. The summed E-state index contributed by atoms with van der Waals surface area (Å²) in [4.78, 5) is 27.4. The number of carbonyl (C=O) groups excluding carboxylic acids is 2. The van der Waals surface area contributed by atoms with Gasteiger partial charge in [0, 0.05) is 29.2 Å². The van der Waals surface area contributed by atoms with Gasteiger partial charge in [0.25, 0.3) is 0 Å². The zero-order chi connectivity index (χ0) is 23.3. The number of sulfone groups is 1. The summed E-state index contributed by atoms with van der Waals surface area (Å²) >= 11 is 6.13. The quantitative estimate of drug-likeness (QED) is 0.612. The molecule has 2 aromatic carbocycles. The number of nitrogens with zero attached hydrogens (tertiary/aromatic N) is 3. The Morgan fingerprint density at radius 3 is 2.61 bits per heavy atom. The minimum atomic E-state index is -3.32. The molecule has 2 aliphatic rings. The largest absolute Gasteiger partial charge is 0.312 e. The summed E-state index contributed by atoms with van der Waals surface area (Å²) in [6.45, 7) is 2.22. The summed E-state index contributed by atoms with van der Waals surface area (Å²) in [6, 6.07) is 14.5. The summed E-state index contributed by atoms with van der Waals surface area (Å²) in [5, 5.41) is 7.80. The van der Waals surface area contributed by atoms with Crippen molar-refractivity contribution in [1.82, 2.24) is 9.78 Å². The Labute approximate surface area is 196 Å². The van der Waals surface area contributed by atoms with Gasteiger partial charge in [0.05, 0.1) is 28.8 Å². The van der Waals surface area contributed by atoms with E-state index in [1.165, 1.54) is 4.68 Å². The van der Waals surface area contributed by atoms with Crippen molar-refractivity contribution in [3.63, 3.8) is 0 Å². The number of aromatic nitrogens is 2. The van der Waals surface area contributed by atoms with Crippen molar-refractivity contribution in [1.29, 1.82) is 0 Å². The molecule has 1 unspecified atom stereocenters. The first-order valence-electron chi connectivity index (χ1n) is 10.5. The van der Waals surface area contributed by atoms with Gasteiger partial charge in [0.2, 0.25) is 11.8 Å². The van der Waals surface area contributed by atoms with Crippen molar-refractivity contribution in [2.24, 2.45) is 5.92 Å². The fourth-order valence-corrected chi connectivity index (χ4v) is 5.92. The highest BCUT2D eigenvalue weighted by molar-refractivity contribution is 7.90. The number of halogens is 1. The van der Waals surface area contributed by atoms with Gasteiger partial charge < -0.3 is 10.2 Å². The van der Waals surface area contributed by atoms with Crippen LogP contribution in [0.5, 0.6) is 0 Å². The number of hydrogen-bond donors (Lipinski definition) is 1. The first-order chi connectivity index (χ1) is 15.7. The molecule has 0 radical (unpaired) electrons. The van der Waals surface area contributed by atoms with Gasteiger partial charge in [-0.3, -0.25) is 9.59 Å². The molecule has 1 aromatic heterocycles. The highest BCUT2D eigenvalue weighted by Crippen LogP contribution is 2.34. The van der Waals surface area contributed by atoms with Crippen LogP contribution in [0.1, 0.15) is 23.2 Å². The lowest BCUT2D eigenvalue weighted by atomic mass is 10.1. The van der Waals surface area contributed by atoms with E-state index in [1.807, 2.05) is 31.2 Å². The van der Waals surface area contributed by atoms with Crippen LogP contribution in [0.4, 0.5) is 11.5 Å². The second-order valence-corrected chi connectivity index (χ2v) is 10.9. The number of fused-ring (bicyclic) bond motifs is 1. The van der Waals surface area contributed by atoms with Crippen LogP contribution in [-0.2, 0) is 30.9 Å². The van der Waals surface area contributed by atoms with Gasteiger partial charge in [-0.2, -0.15) is 5.10 Å². The van der Waals surface area contributed by atoms with Crippen molar-refractivity contribution < 1.29 is 18.0 Å². The van der Waals surface area contributed by atoms with E-state index in [-0.39, 0.29) is 36.3 Å². The van der Waals surface area contributed by atoms with Gasteiger partial charge in [0.15, 0.2) is 9.84 Å². The third-order valence-corrected chi connectivity index (χ3v) is 7.60. The van der Waals surface area contributed by atoms with E-state index >= 15 is 0 Å². The lowest BCUT2D eigenvalue weighted by Crippen LogP contribution is -2.29. The van der Waals surface area contributed by atoms with Crippen molar-refractivity contribution in [2.45, 2.75) is 24.9 Å². The monoisotopic (exact) mass is 484 g/mol. The molecular formula is C23H21ClN4O4S. The molecule has 3 heterocycles. The van der Waals surface area contributed by atoms with E-state index in [0.717, 1.165) is 11.3 Å². The fourth-order valence-electron chi connectivity index (χ4n) is 4.24. The van der Waals surface area contributed by atoms with Crippen LogP contribution in [-0.4, -0.2) is 36.6 Å². The second-order valence-electron chi connectivity index (χ2n) is 8.43. The van der Waals surface area contributed by atoms with Gasteiger partial charge >= 0.3 is 0 Å². The molecule has 1 N–H and O–H groups in total. The number of amides is 2. The smallest absolute Gasteiger partial charge is 0.230 e. The number of benzene rings is 2. The van der Waals surface area contributed by atoms with Crippen LogP contribution >= 0.6 is 11.6 Å². The normalized spacial score (nSPS) is 19.0. The Morgan fingerprint density at radius 1 is 1.12 bits per heavy atom. The van der Waals surface area contributed by atoms with Crippen molar-refractivity contribution >= 4 is 44.8 Å². The first-order valence-corrected chi connectivity index (χ1v) is 12.7. The molecule has 0 spiro atoms. The van der Waals surface area contributed by atoms with Crippen LogP contribution < -0.4 is 10.2 Å². The van der Waals surface area contributed by atoms with Gasteiger partial charge in [-0.05, 0) is 37.3 Å². The summed E-state index contributed by atoms with van der Waals surface area (Å²) in [6.07, 6.45) is 0.0749. The van der Waals surface area contributed by atoms with Crippen molar-refractivity contribution in [3.8, 4) is 5.69 Å². The zero-order valence-electron chi connectivity index (χ0n) is 17.8. The predicted octanol–water partition coefficient (Wildman–Crippen LogP) is 3.25. The average Bonchev–Trinajstić information content (AvgIpc) is 3.39. The molecule has 10 heteroatoms. The summed E-state index contributed by atoms with van der Waals surface area (Å²) < 4.78 is 25.9. The Bertz CT molecular complexity index is 1380. The molecule has 1 fully saturated rings. The van der Waals surface area contributed by atoms with Crippen LogP contribution in [0.2, 0.25) is 5.02 Å². The number of hydrogen-bond acceptors (Lipinski definition) is 5. The molecule has 0 bridgehead atoms. The summed E-state index contributed by atoms with van der Waals surface area (Å²) in [7, 11) is -3.32. The maximum atomic E-state index is 13.2. The van der Waals surface area contributed by atoms with Crippen molar-refractivity contribution in [2.75, 3.05) is 16.8 Å².